The average molecular weight is 497 g/mol. The Balaban J connectivity index is 1.58. The van der Waals surface area contributed by atoms with E-state index in [1.807, 2.05) is 60.8 Å². The molecule has 1 saturated carbocycles. The maximum atomic E-state index is 12.9. The van der Waals surface area contributed by atoms with Crippen LogP contribution in [-0.2, 0) is 4.79 Å². The van der Waals surface area contributed by atoms with Crippen LogP contribution in [0, 0.1) is 11.3 Å². The zero-order valence-electron chi connectivity index (χ0n) is 21.7. The van der Waals surface area contributed by atoms with Crippen LogP contribution >= 0.6 is 0 Å². The molecule has 0 radical (unpaired) electrons. The number of ether oxygens (including phenoxy) is 1. The number of aromatic nitrogens is 2. The Morgan fingerprint density at radius 2 is 1.84 bits per heavy atom. The Morgan fingerprint density at radius 3 is 2.54 bits per heavy atom. The summed E-state index contributed by atoms with van der Waals surface area (Å²) < 4.78 is 7.69. The summed E-state index contributed by atoms with van der Waals surface area (Å²) in [6.45, 7) is 2.91. The Kier molecular flexibility index (Phi) is 9.54. The van der Waals surface area contributed by atoms with Crippen molar-refractivity contribution in [1.82, 2.24) is 15.1 Å². The Labute approximate surface area is 220 Å². The maximum absolute atomic E-state index is 12.9. The molecule has 1 aromatic heterocycles. The number of unbranched alkanes of at least 4 members (excludes halogenated alkanes) is 3. The van der Waals surface area contributed by atoms with Gasteiger partial charge in [-0.3, -0.25) is 4.79 Å². The van der Waals surface area contributed by atoms with Crippen LogP contribution in [-0.4, -0.2) is 28.3 Å². The van der Waals surface area contributed by atoms with E-state index in [9.17, 15) is 10.1 Å². The van der Waals surface area contributed by atoms with Crippen LogP contribution in [0.5, 0.6) is 5.75 Å². The molecule has 0 bridgehead atoms. The van der Waals surface area contributed by atoms with E-state index in [2.05, 4.69) is 18.3 Å². The standard InChI is InChI=1S/C31H36N4O2/c1-2-3-4-11-20-37-29-18-16-24(17-19-29)30-26(23-35(34-30)28-14-9-6-10-15-28)21-25(22-32)31(36)33-27-12-7-5-8-13-27/h6,9-10,14-19,21,23,27H,2-5,7-8,11-13,20H2,1H3,(H,33,36). The number of nitriles is 1. The number of hydrogen-bond donors (Lipinski definition) is 1. The monoisotopic (exact) mass is 496 g/mol. The van der Waals surface area contributed by atoms with E-state index < -0.39 is 0 Å². The second-order valence-corrected chi connectivity index (χ2v) is 9.62. The predicted molar refractivity (Wildman–Crippen MR) is 147 cm³/mol. The van der Waals surface area contributed by atoms with Gasteiger partial charge in [-0.05, 0) is 61.7 Å². The Hall–Kier alpha value is -3.85. The van der Waals surface area contributed by atoms with Gasteiger partial charge in [-0.2, -0.15) is 10.4 Å². The minimum atomic E-state index is -0.320. The zero-order chi connectivity index (χ0) is 25.9. The first-order chi connectivity index (χ1) is 18.2. The van der Waals surface area contributed by atoms with Crippen molar-refractivity contribution in [2.24, 2.45) is 0 Å². The Bertz CT molecular complexity index is 1220. The lowest BCUT2D eigenvalue weighted by Crippen LogP contribution is -2.36. The van der Waals surface area contributed by atoms with Gasteiger partial charge in [0.1, 0.15) is 17.4 Å². The molecule has 1 N–H and O–H groups in total. The highest BCUT2D eigenvalue weighted by molar-refractivity contribution is 6.02. The second kappa shape index (κ2) is 13.5. The maximum Gasteiger partial charge on any atom is 0.262 e. The summed E-state index contributed by atoms with van der Waals surface area (Å²) in [5.74, 6) is 0.504. The van der Waals surface area contributed by atoms with Gasteiger partial charge in [-0.25, -0.2) is 4.68 Å². The average Bonchev–Trinajstić information content (AvgIpc) is 3.37. The molecule has 192 valence electrons. The van der Waals surface area contributed by atoms with Crippen molar-refractivity contribution in [3.63, 3.8) is 0 Å². The first kappa shape index (κ1) is 26.2. The van der Waals surface area contributed by atoms with Crippen LogP contribution in [0.25, 0.3) is 23.0 Å². The van der Waals surface area contributed by atoms with Gasteiger partial charge in [0.15, 0.2) is 0 Å². The van der Waals surface area contributed by atoms with Crippen LogP contribution in [0.3, 0.4) is 0 Å². The van der Waals surface area contributed by atoms with Crippen molar-refractivity contribution >= 4 is 12.0 Å². The van der Waals surface area contributed by atoms with E-state index in [0.717, 1.165) is 49.1 Å². The van der Waals surface area contributed by atoms with Crippen LogP contribution in [0.1, 0.15) is 70.3 Å². The lowest BCUT2D eigenvalue weighted by molar-refractivity contribution is -0.117. The number of amides is 1. The molecule has 0 spiro atoms. The molecule has 4 rings (SSSR count). The summed E-state index contributed by atoms with van der Waals surface area (Å²) in [6, 6.07) is 19.9. The fourth-order valence-electron chi connectivity index (χ4n) is 4.67. The van der Waals surface area contributed by atoms with E-state index >= 15 is 0 Å². The van der Waals surface area contributed by atoms with Crippen LogP contribution in [0.4, 0.5) is 0 Å². The van der Waals surface area contributed by atoms with Gasteiger partial charge < -0.3 is 10.1 Å². The SMILES string of the molecule is CCCCCCOc1ccc(-c2nn(-c3ccccc3)cc2C=C(C#N)C(=O)NC2CCCCC2)cc1. The molecule has 1 aliphatic rings. The third-order valence-corrected chi connectivity index (χ3v) is 6.76. The van der Waals surface area contributed by atoms with E-state index in [1.165, 1.54) is 25.7 Å². The summed E-state index contributed by atoms with van der Waals surface area (Å²) in [4.78, 5) is 12.9. The number of hydrogen-bond acceptors (Lipinski definition) is 4. The van der Waals surface area contributed by atoms with Crippen molar-refractivity contribution in [2.45, 2.75) is 70.8 Å². The quantitative estimate of drug-likeness (QED) is 0.179. The highest BCUT2D eigenvalue weighted by Crippen LogP contribution is 2.28. The molecule has 1 amide bonds. The van der Waals surface area contributed by atoms with Gasteiger partial charge >= 0.3 is 0 Å². The van der Waals surface area contributed by atoms with Gasteiger partial charge in [0.2, 0.25) is 0 Å². The molecule has 1 fully saturated rings. The molecular weight excluding hydrogens is 460 g/mol. The summed E-state index contributed by atoms with van der Waals surface area (Å²) in [5, 5.41) is 17.7. The van der Waals surface area contributed by atoms with Gasteiger partial charge in [0.05, 0.1) is 18.0 Å². The van der Waals surface area contributed by atoms with Gasteiger partial charge in [-0.15, -0.1) is 0 Å². The molecule has 3 aromatic rings. The second-order valence-electron chi connectivity index (χ2n) is 9.62. The normalized spacial score (nSPS) is 14.2. The van der Waals surface area contributed by atoms with Gasteiger partial charge in [0.25, 0.3) is 5.91 Å². The van der Waals surface area contributed by atoms with E-state index in [-0.39, 0.29) is 17.5 Å². The third kappa shape index (κ3) is 7.33. The van der Waals surface area contributed by atoms with Crippen molar-refractivity contribution in [2.75, 3.05) is 6.61 Å². The number of nitrogens with one attached hydrogen (secondary N) is 1. The smallest absolute Gasteiger partial charge is 0.262 e. The summed E-state index contributed by atoms with van der Waals surface area (Å²) in [5.41, 5.74) is 3.31. The zero-order valence-corrected chi connectivity index (χ0v) is 21.7. The molecule has 2 aromatic carbocycles. The lowest BCUT2D eigenvalue weighted by atomic mass is 9.95. The van der Waals surface area contributed by atoms with Gasteiger partial charge in [-0.1, -0.05) is 63.6 Å². The highest BCUT2D eigenvalue weighted by Gasteiger charge is 2.19. The largest absolute Gasteiger partial charge is 0.494 e. The molecule has 0 unspecified atom stereocenters. The van der Waals surface area contributed by atoms with E-state index in [4.69, 9.17) is 9.84 Å². The number of carbonyl (C=O) groups is 1. The van der Waals surface area contributed by atoms with Crippen LogP contribution in [0.2, 0.25) is 0 Å². The molecule has 1 heterocycles. The van der Waals surface area contributed by atoms with Crippen molar-refractivity contribution < 1.29 is 9.53 Å². The lowest BCUT2D eigenvalue weighted by Gasteiger charge is -2.22. The van der Waals surface area contributed by atoms with Crippen molar-refractivity contribution in [3.8, 4) is 28.8 Å². The first-order valence-corrected chi connectivity index (χ1v) is 13.5. The number of nitrogens with zero attached hydrogens (tertiary/aromatic N) is 3. The van der Waals surface area contributed by atoms with Crippen LogP contribution < -0.4 is 10.1 Å². The first-order valence-electron chi connectivity index (χ1n) is 13.5. The van der Waals surface area contributed by atoms with Crippen molar-refractivity contribution in [1.29, 1.82) is 5.26 Å². The van der Waals surface area contributed by atoms with Crippen molar-refractivity contribution in [3.05, 3.63) is 71.9 Å². The third-order valence-electron chi connectivity index (χ3n) is 6.76. The fraction of sp³-hybridized carbons (Fsp3) is 0.387. The summed E-state index contributed by atoms with van der Waals surface area (Å²) in [7, 11) is 0. The topological polar surface area (TPSA) is 79.9 Å². The molecule has 1 aliphatic carbocycles. The molecule has 0 atom stereocenters. The molecule has 6 nitrogen and oxygen atoms in total. The van der Waals surface area contributed by atoms with E-state index in [0.29, 0.717) is 17.9 Å². The van der Waals surface area contributed by atoms with Gasteiger partial charge in [0, 0.05) is 23.4 Å². The number of para-hydroxylation sites is 1. The predicted octanol–water partition coefficient (Wildman–Crippen LogP) is 6.85. The fourth-order valence-corrected chi connectivity index (χ4v) is 4.67. The molecular formula is C31H36N4O2. The summed E-state index contributed by atoms with van der Waals surface area (Å²) in [6.07, 6.45) is 13.5. The number of carbonyl (C=O) groups excluding carboxylic acids is 1. The van der Waals surface area contributed by atoms with E-state index in [1.54, 1.807) is 10.8 Å². The molecule has 0 saturated heterocycles. The number of rotatable bonds is 11. The Morgan fingerprint density at radius 1 is 1.08 bits per heavy atom. The van der Waals surface area contributed by atoms with Crippen LogP contribution in [0.15, 0.2) is 66.4 Å². The molecule has 6 heteroatoms. The highest BCUT2D eigenvalue weighted by atomic mass is 16.5. The minimum absolute atomic E-state index is 0.0893. The molecule has 0 aliphatic heterocycles. The summed E-state index contributed by atoms with van der Waals surface area (Å²) >= 11 is 0. The number of benzene rings is 2. The molecule has 37 heavy (non-hydrogen) atoms. The minimum Gasteiger partial charge on any atom is -0.494 e.